The highest BCUT2D eigenvalue weighted by atomic mass is 16.2. The van der Waals surface area contributed by atoms with E-state index in [2.05, 4.69) is 15.3 Å². The molecule has 7 heteroatoms. The van der Waals surface area contributed by atoms with Gasteiger partial charge in [-0.1, -0.05) is 11.3 Å². The molecule has 0 saturated carbocycles. The lowest BCUT2D eigenvalue weighted by atomic mass is 10.2. The summed E-state index contributed by atoms with van der Waals surface area (Å²) >= 11 is 0. The van der Waals surface area contributed by atoms with E-state index >= 15 is 0 Å². The number of nitrogens with two attached hydrogens (primary N) is 1. The first-order valence-electron chi connectivity index (χ1n) is 6.87. The quantitative estimate of drug-likeness (QED) is 0.839. The molecule has 112 valence electrons. The first-order valence-corrected chi connectivity index (χ1v) is 6.87. The molecule has 2 rings (SSSR count). The average Bonchev–Trinajstić information content (AvgIpc) is 2.93. The summed E-state index contributed by atoms with van der Waals surface area (Å²) in [5.74, 6) is -0.0117. The van der Waals surface area contributed by atoms with Crippen LogP contribution in [0, 0.1) is 0 Å². The van der Waals surface area contributed by atoms with Crippen LogP contribution in [0.4, 0.5) is 0 Å². The lowest BCUT2D eigenvalue weighted by Crippen LogP contribution is -2.38. The predicted molar refractivity (Wildman–Crippen MR) is 77.8 cm³/mol. The number of nitrogens with zero attached hydrogens (tertiary/aromatic N) is 5. The van der Waals surface area contributed by atoms with Gasteiger partial charge >= 0.3 is 0 Å². The molecule has 0 unspecified atom stereocenters. The van der Waals surface area contributed by atoms with Crippen molar-refractivity contribution in [2.45, 2.75) is 39.5 Å². The number of hydrogen-bond donors (Lipinski definition) is 1. The summed E-state index contributed by atoms with van der Waals surface area (Å²) in [6.45, 7) is 4.98. The predicted octanol–water partition coefficient (Wildman–Crippen LogP) is 0.569. The molecule has 21 heavy (non-hydrogen) atoms. The van der Waals surface area contributed by atoms with Gasteiger partial charge in [-0.3, -0.25) is 9.78 Å². The van der Waals surface area contributed by atoms with E-state index < -0.39 is 0 Å². The number of carbonyl (C=O) groups excluding carboxylic acids is 1. The molecular weight excluding hydrogens is 268 g/mol. The Hall–Kier alpha value is -2.28. The highest BCUT2D eigenvalue weighted by Gasteiger charge is 2.18. The molecule has 0 aliphatic heterocycles. The van der Waals surface area contributed by atoms with Crippen molar-refractivity contribution < 1.29 is 4.79 Å². The fourth-order valence-electron chi connectivity index (χ4n) is 1.99. The molecule has 0 atom stereocenters. The van der Waals surface area contributed by atoms with Gasteiger partial charge in [0.05, 0.1) is 11.9 Å². The molecule has 2 N–H and O–H groups in total. The van der Waals surface area contributed by atoms with Crippen molar-refractivity contribution in [1.29, 1.82) is 0 Å². The van der Waals surface area contributed by atoms with Crippen LogP contribution in [-0.4, -0.2) is 36.8 Å². The topological polar surface area (TPSA) is 89.9 Å². The molecular formula is C14H20N6O. The molecule has 0 radical (unpaired) electrons. The lowest BCUT2D eigenvalue weighted by Gasteiger charge is -2.26. The largest absolute Gasteiger partial charge is 0.334 e. The van der Waals surface area contributed by atoms with Gasteiger partial charge in [0.2, 0.25) is 5.91 Å². The fraction of sp³-hybridized carbons (Fsp3) is 0.429. The Morgan fingerprint density at radius 2 is 2.29 bits per heavy atom. The van der Waals surface area contributed by atoms with E-state index in [9.17, 15) is 4.79 Å². The smallest absolute Gasteiger partial charge is 0.244 e. The van der Waals surface area contributed by atoms with Gasteiger partial charge in [-0.05, 0) is 25.5 Å². The van der Waals surface area contributed by atoms with Gasteiger partial charge in [0.1, 0.15) is 6.54 Å². The van der Waals surface area contributed by atoms with Crippen LogP contribution >= 0.6 is 0 Å². The van der Waals surface area contributed by atoms with Gasteiger partial charge in [-0.25, -0.2) is 4.68 Å². The summed E-state index contributed by atoms with van der Waals surface area (Å²) in [5, 5.41) is 7.79. The van der Waals surface area contributed by atoms with Crippen LogP contribution in [0.3, 0.4) is 0 Å². The minimum absolute atomic E-state index is 0.0117. The van der Waals surface area contributed by atoms with Gasteiger partial charge in [0.25, 0.3) is 0 Å². The highest BCUT2D eigenvalue weighted by molar-refractivity contribution is 5.76. The molecule has 0 spiro atoms. The Bertz CT molecular complexity index is 580. The Labute approximate surface area is 123 Å². The van der Waals surface area contributed by atoms with E-state index in [0.717, 1.165) is 5.56 Å². The molecule has 0 saturated heterocycles. The summed E-state index contributed by atoms with van der Waals surface area (Å²) in [6.07, 6.45) is 5.18. The molecule has 1 amide bonds. The summed E-state index contributed by atoms with van der Waals surface area (Å²) in [7, 11) is 0. The van der Waals surface area contributed by atoms with E-state index in [1.165, 1.54) is 4.68 Å². The van der Waals surface area contributed by atoms with Crippen molar-refractivity contribution in [3.8, 4) is 0 Å². The number of amides is 1. The zero-order valence-corrected chi connectivity index (χ0v) is 12.3. The third-order valence-corrected chi connectivity index (χ3v) is 3.11. The Kier molecular flexibility index (Phi) is 4.99. The average molecular weight is 288 g/mol. The second kappa shape index (κ2) is 6.94. The highest BCUT2D eigenvalue weighted by Crippen LogP contribution is 2.08. The molecule has 0 aliphatic rings. The second-order valence-electron chi connectivity index (χ2n) is 5.09. The minimum Gasteiger partial charge on any atom is -0.334 e. The second-order valence-corrected chi connectivity index (χ2v) is 5.09. The van der Waals surface area contributed by atoms with Crippen LogP contribution in [0.5, 0.6) is 0 Å². The van der Waals surface area contributed by atoms with E-state index in [4.69, 9.17) is 5.73 Å². The third kappa shape index (κ3) is 4.09. The number of pyridine rings is 1. The summed E-state index contributed by atoms with van der Waals surface area (Å²) in [6, 6.07) is 3.91. The third-order valence-electron chi connectivity index (χ3n) is 3.11. The molecule has 0 aromatic carbocycles. The van der Waals surface area contributed by atoms with E-state index in [1.807, 2.05) is 26.0 Å². The first-order chi connectivity index (χ1) is 10.1. The summed E-state index contributed by atoms with van der Waals surface area (Å²) in [5.41, 5.74) is 7.16. The van der Waals surface area contributed by atoms with Crippen molar-refractivity contribution >= 4 is 5.91 Å². The summed E-state index contributed by atoms with van der Waals surface area (Å²) in [4.78, 5) is 18.3. The maximum Gasteiger partial charge on any atom is 0.244 e. The Balaban J connectivity index is 2.05. The van der Waals surface area contributed by atoms with E-state index in [0.29, 0.717) is 18.8 Å². The molecule has 2 heterocycles. The molecule has 2 aromatic heterocycles. The molecule has 0 bridgehead atoms. The number of hydrogen-bond acceptors (Lipinski definition) is 5. The van der Waals surface area contributed by atoms with Crippen molar-refractivity contribution in [2.75, 3.05) is 0 Å². The van der Waals surface area contributed by atoms with Crippen molar-refractivity contribution in [2.24, 2.45) is 5.73 Å². The monoisotopic (exact) mass is 288 g/mol. The van der Waals surface area contributed by atoms with Crippen molar-refractivity contribution in [3.05, 3.63) is 42.0 Å². The molecule has 0 fully saturated rings. The van der Waals surface area contributed by atoms with Crippen LogP contribution < -0.4 is 5.73 Å². The van der Waals surface area contributed by atoms with Gasteiger partial charge < -0.3 is 10.6 Å². The van der Waals surface area contributed by atoms with Crippen molar-refractivity contribution in [1.82, 2.24) is 24.9 Å². The van der Waals surface area contributed by atoms with Gasteiger partial charge in [-0.2, -0.15) is 0 Å². The molecule has 0 aliphatic carbocycles. The van der Waals surface area contributed by atoms with Crippen LogP contribution in [0.1, 0.15) is 25.1 Å². The molecule has 7 nitrogen and oxygen atoms in total. The van der Waals surface area contributed by atoms with Crippen LogP contribution in [-0.2, 0) is 24.4 Å². The van der Waals surface area contributed by atoms with Crippen LogP contribution in [0.15, 0.2) is 30.7 Å². The lowest BCUT2D eigenvalue weighted by molar-refractivity contribution is -0.134. The zero-order valence-electron chi connectivity index (χ0n) is 12.3. The van der Waals surface area contributed by atoms with Gasteiger partial charge in [0, 0.05) is 31.5 Å². The maximum atomic E-state index is 12.4. The first kappa shape index (κ1) is 15.1. The SMILES string of the molecule is CC(C)N(Cc1cccnc1)C(=O)Cn1cc(CN)nn1. The number of aromatic nitrogens is 4. The zero-order chi connectivity index (χ0) is 15.2. The minimum atomic E-state index is -0.0117. The molecule has 2 aromatic rings. The number of rotatable bonds is 6. The van der Waals surface area contributed by atoms with Gasteiger partial charge in [-0.15, -0.1) is 5.10 Å². The normalized spacial score (nSPS) is 10.9. The van der Waals surface area contributed by atoms with E-state index in [-0.39, 0.29) is 18.5 Å². The maximum absolute atomic E-state index is 12.4. The van der Waals surface area contributed by atoms with Crippen LogP contribution in [0.25, 0.3) is 0 Å². The van der Waals surface area contributed by atoms with E-state index in [1.54, 1.807) is 23.5 Å². The summed E-state index contributed by atoms with van der Waals surface area (Å²) < 4.78 is 1.52. The van der Waals surface area contributed by atoms with Crippen LogP contribution in [0.2, 0.25) is 0 Å². The van der Waals surface area contributed by atoms with Gasteiger partial charge in [0.15, 0.2) is 0 Å². The number of carbonyl (C=O) groups is 1. The van der Waals surface area contributed by atoms with Crippen molar-refractivity contribution in [3.63, 3.8) is 0 Å². The standard InChI is InChI=1S/C14H20N6O/c1-11(2)20(8-12-4-3-5-16-7-12)14(21)10-19-9-13(6-15)17-18-19/h3-5,7,9,11H,6,8,10,15H2,1-2H3. The fourth-order valence-corrected chi connectivity index (χ4v) is 1.99. The Morgan fingerprint density at radius 3 is 2.86 bits per heavy atom. The Morgan fingerprint density at radius 1 is 1.48 bits per heavy atom.